The Kier molecular flexibility index (Phi) is 5.08. The van der Waals surface area contributed by atoms with Gasteiger partial charge in [0.15, 0.2) is 0 Å². The molecule has 0 aromatic heterocycles. The van der Waals surface area contributed by atoms with Crippen LogP contribution in [0.15, 0.2) is 59.1 Å². The fourth-order valence-electron chi connectivity index (χ4n) is 3.01. The summed E-state index contributed by atoms with van der Waals surface area (Å²) in [5.41, 5.74) is 0.169. The largest absolute Gasteiger partial charge is 0.325 e. The molecule has 134 valence electrons. The number of halogens is 1. The van der Waals surface area contributed by atoms with E-state index in [1.54, 1.807) is 36.4 Å². The first-order chi connectivity index (χ1) is 12.5. The number of urea groups is 1. The Balaban J connectivity index is 1.76. The summed E-state index contributed by atoms with van der Waals surface area (Å²) in [5.74, 6) is -0.849. The van der Waals surface area contributed by atoms with Crippen molar-refractivity contribution in [1.82, 2.24) is 10.2 Å². The fraction of sp³-hybridized carbons (Fsp3) is 0.211. The molecule has 1 fully saturated rings. The Hall–Kier alpha value is -2.67. The minimum atomic E-state index is -1.13. The van der Waals surface area contributed by atoms with E-state index in [-0.39, 0.29) is 6.54 Å². The van der Waals surface area contributed by atoms with E-state index in [2.05, 4.69) is 26.6 Å². The molecule has 1 saturated heterocycles. The molecule has 0 unspecified atom stereocenters. The van der Waals surface area contributed by atoms with Crippen molar-refractivity contribution in [1.29, 1.82) is 0 Å². The molecule has 1 atom stereocenters. The molecule has 4 amide bonds. The van der Waals surface area contributed by atoms with Gasteiger partial charge >= 0.3 is 6.03 Å². The minimum Gasteiger partial charge on any atom is -0.325 e. The number of hydrogen-bond donors (Lipinski definition) is 2. The number of hydrogen-bond acceptors (Lipinski definition) is 3. The van der Waals surface area contributed by atoms with Crippen LogP contribution in [0, 0.1) is 0 Å². The molecular weight excluding hydrogens is 398 g/mol. The smallest absolute Gasteiger partial charge is 0.325 e. The second kappa shape index (κ2) is 7.29. The molecule has 0 radical (unpaired) electrons. The van der Waals surface area contributed by atoms with Crippen molar-refractivity contribution in [2.24, 2.45) is 0 Å². The quantitative estimate of drug-likeness (QED) is 0.735. The number of rotatable bonds is 5. The van der Waals surface area contributed by atoms with Gasteiger partial charge in [-0.15, -0.1) is 0 Å². The van der Waals surface area contributed by atoms with Gasteiger partial charge in [-0.1, -0.05) is 53.2 Å². The number of carbonyl (C=O) groups is 3. The van der Waals surface area contributed by atoms with Crippen molar-refractivity contribution in [3.63, 3.8) is 0 Å². The molecule has 3 rings (SSSR count). The van der Waals surface area contributed by atoms with Crippen molar-refractivity contribution in [2.45, 2.75) is 18.9 Å². The molecule has 0 bridgehead atoms. The number of imide groups is 1. The highest BCUT2D eigenvalue weighted by Crippen LogP contribution is 2.32. The number of amides is 4. The molecule has 26 heavy (non-hydrogen) atoms. The maximum Gasteiger partial charge on any atom is 0.325 e. The van der Waals surface area contributed by atoms with Gasteiger partial charge in [-0.3, -0.25) is 14.5 Å². The molecule has 1 heterocycles. The zero-order chi connectivity index (χ0) is 18.7. The van der Waals surface area contributed by atoms with Crippen LogP contribution in [-0.2, 0) is 15.1 Å². The van der Waals surface area contributed by atoms with E-state index in [1.165, 1.54) is 0 Å². The van der Waals surface area contributed by atoms with E-state index >= 15 is 0 Å². The Morgan fingerprint density at radius 3 is 2.38 bits per heavy atom. The zero-order valence-corrected chi connectivity index (χ0v) is 15.7. The lowest BCUT2D eigenvalue weighted by molar-refractivity contribution is -0.134. The van der Waals surface area contributed by atoms with Gasteiger partial charge in [-0.05, 0) is 36.2 Å². The Bertz CT molecular complexity index is 839. The molecule has 6 nitrogen and oxygen atoms in total. The lowest BCUT2D eigenvalue weighted by Gasteiger charge is -2.25. The number of carbonyl (C=O) groups excluding carboxylic acids is 3. The molecular formula is C19H18BrN3O3. The van der Waals surface area contributed by atoms with Crippen LogP contribution in [-0.4, -0.2) is 29.3 Å². The molecule has 0 aliphatic carbocycles. The summed E-state index contributed by atoms with van der Waals surface area (Å²) >= 11 is 3.32. The third kappa shape index (κ3) is 3.35. The maximum atomic E-state index is 13.0. The predicted octanol–water partition coefficient (Wildman–Crippen LogP) is 3.24. The van der Waals surface area contributed by atoms with Crippen molar-refractivity contribution in [3.8, 4) is 0 Å². The van der Waals surface area contributed by atoms with Crippen molar-refractivity contribution in [2.75, 3.05) is 11.9 Å². The van der Waals surface area contributed by atoms with Gasteiger partial charge < -0.3 is 10.6 Å². The van der Waals surface area contributed by atoms with Gasteiger partial charge in [0.2, 0.25) is 5.91 Å². The Morgan fingerprint density at radius 2 is 1.77 bits per heavy atom. The molecule has 0 spiro atoms. The van der Waals surface area contributed by atoms with E-state index in [0.29, 0.717) is 17.7 Å². The van der Waals surface area contributed by atoms with E-state index in [0.717, 1.165) is 9.37 Å². The normalized spacial score (nSPS) is 19.4. The molecule has 2 aromatic carbocycles. The first-order valence-electron chi connectivity index (χ1n) is 8.21. The summed E-state index contributed by atoms with van der Waals surface area (Å²) in [6.45, 7) is 1.49. The van der Waals surface area contributed by atoms with Gasteiger partial charge in [-0.25, -0.2) is 4.79 Å². The summed E-state index contributed by atoms with van der Waals surface area (Å²) in [7, 11) is 0. The maximum absolute atomic E-state index is 13.0. The van der Waals surface area contributed by atoms with Crippen LogP contribution < -0.4 is 10.6 Å². The Morgan fingerprint density at radius 1 is 1.12 bits per heavy atom. The van der Waals surface area contributed by atoms with Gasteiger partial charge in [0.05, 0.1) is 0 Å². The third-order valence-electron chi connectivity index (χ3n) is 4.40. The van der Waals surface area contributed by atoms with E-state index in [9.17, 15) is 14.4 Å². The highest BCUT2D eigenvalue weighted by Gasteiger charge is 2.51. The lowest BCUT2D eigenvalue weighted by atomic mass is 9.87. The summed E-state index contributed by atoms with van der Waals surface area (Å²) in [6, 6.07) is 15.6. The average Bonchev–Trinajstić information content (AvgIpc) is 2.89. The topological polar surface area (TPSA) is 78.5 Å². The summed E-state index contributed by atoms with van der Waals surface area (Å²) in [4.78, 5) is 38.6. The number of benzene rings is 2. The van der Waals surface area contributed by atoms with Crippen LogP contribution >= 0.6 is 15.9 Å². The molecule has 7 heteroatoms. The molecule has 1 aliphatic rings. The summed E-state index contributed by atoms with van der Waals surface area (Å²) in [6.07, 6.45) is 0.395. The minimum absolute atomic E-state index is 0.338. The monoisotopic (exact) mass is 415 g/mol. The summed E-state index contributed by atoms with van der Waals surface area (Å²) in [5, 5.41) is 5.45. The van der Waals surface area contributed by atoms with Gasteiger partial charge in [0.1, 0.15) is 12.1 Å². The van der Waals surface area contributed by atoms with E-state index in [1.807, 2.05) is 25.1 Å². The second-order valence-corrected chi connectivity index (χ2v) is 6.92. The molecule has 0 saturated carbocycles. The van der Waals surface area contributed by atoms with E-state index < -0.39 is 23.4 Å². The number of anilines is 1. The van der Waals surface area contributed by atoms with Gasteiger partial charge in [0, 0.05) is 10.2 Å². The van der Waals surface area contributed by atoms with Crippen molar-refractivity contribution < 1.29 is 14.4 Å². The molecule has 2 N–H and O–H groups in total. The van der Waals surface area contributed by atoms with Crippen molar-refractivity contribution in [3.05, 3.63) is 64.6 Å². The summed E-state index contributed by atoms with van der Waals surface area (Å²) < 4.78 is 0.889. The highest BCUT2D eigenvalue weighted by atomic mass is 79.9. The van der Waals surface area contributed by atoms with Crippen LogP contribution in [0.1, 0.15) is 18.9 Å². The van der Waals surface area contributed by atoms with Gasteiger partial charge in [0.25, 0.3) is 5.91 Å². The van der Waals surface area contributed by atoms with E-state index in [4.69, 9.17) is 0 Å². The van der Waals surface area contributed by atoms with Gasteiger partial charge in [-0.2, -0.15) is 0 Å². The number of nitrogens with one attached hydrogen (secondary N) is 2. The number of nitrogens with zero attached hydrogens (tertiary/aromatic N) is 1. The lowest BCUT2D eigenvalue weighted by Crippen LogP contribution is -2.44. The average molecular weight is 416 g/mol. The zero-order valence-electron chi connectivity index (χ0n) is 14.2. The van der Waals surface area contributed by atoms with Crippen LogP contribution in [0.3, 0.4) is 0 Å². The third-order valence-corrected chi connectivity index (χ3v) is 4.93. The van der Waals surface area contributed by atoms with Crippen LogP contribution in [0.2, 0.25) is 0 Å². The van der Waals surface area contributed by atoms with Crippen LogP contribution in [0.25, 0.3) is 0 Å². The Labute approximate surface area is 159 Å². The van der Waals surface area contributed by atoms with Crippen LogP contribution in [0.4, 0.5) is 10.5 Å². The standard InChI is InChI=1S/C19H18BrN3O3/c1-2-19(13-6-4-3-5-7-13)17(25)23(18(26)22-19)12-16(24)21-15-10-8-14(20)9-11-15/h3-11H,2,12H2,1H3,(H,21,24)(H,22,26)/t19-/m0/s1. The predicted molar refractivity (Wildman–Crippen MR) is 101 cm³/mol. The highest BCUT2D eigenvalue weighted by molar-refractivity contribution is 9.10. The molecule has 2 aromatic rings. The second-order valence-electron chi connectivity index (χ2n) is 6.00. The first kappa shape index (κ1) is 18.1. The van der Waals surface area contributed by atoms with Crippen molar-refractivity contribution >= 4 is 39.5 Å². The SMILES string of the molecule is CC[C@@]1(c2ccccc2)NC(=O)N(CC(=O)Nc2ccc(Br)cc2)C1=O. The first-order valence-corrected chi connectivity index (χ1v) is 9.00. The van der Waals surface area contributed by atoms with Crippen LogP contribution in [0.5, 0.6) is 0 Å². The fourth-order valence-corrected chi connectivity index (χ4v) is 3.27. The molecule has 1 aliphatic heterocycles.